The molecule has 2 N–H and O–H groups in total. The van der Waals surface area contributed by atoms with Gasteiger partial charge in [-0.05, 0) is 24.1 Å². The van der Waals surface area contributed by atoms with Crippen molar-refractivity contribution in [2.24, 2.45) is 5.73 Å². The van der Waals surface area contributed by atoms with Crippen molar-refractivity contribution in [1.29, 1.82) is 0 Å². The van der Waals surface area contributed by atoms with Crippen LogP contribution in [0.2, 0.25) is 0 Å². The number of benzene rings is 1. The third-order valence-corrected chi connectivity index (χ3v) is 2.84. The van der Waals surface area contributed by atoms with Gasteiger partial charge in [0.15, 0.2) is 0 Å². The molecule has 0 bridgehead atoms. The van der Waals surface area contributed by atoms with Gasteiger partial charge in [0, 0.05) is 26.4 Å². The number of rotatable bonds is 5. The highest BCUT2D eigenvalue weighted by Gasteiger charge is 2.20. The third-order valence-electron chi connectivity index (χ3n) is 2.84. The second-order valence-electron chi connectivity index (χ2n) is 3.88. The summed E-state index contributed by atoms with van der Waals surface area (Å²) < 4.78 is 5.03. The molecule has 1 aromatic rings. The van der Waals surface area contributed by atoms with E-state index in [4.69, 9.17) is 10.5 Å². The molecule has 0 spiro atoms. The van der Waals surface area contributed by atoms with Crippen LogP contribution in [0, 0.1) is 0 Å². The largest absolute Gasteiger partial charge is 0.370 e. The number of amides is 1. The third kappa shape index (κ3) is 3.28. The Kier molecular flexibility index (Phi) is 5.12. The molecule has 0 radical (unpaired) electrons. The second kappa shape index (κ2) is 6.37. The van der Waals surface area contributed by atoms with Crippen LogP contribution in [0.1, 0.15) is 12.5 Å². The first-order valence-electron chi connectivity index (χ1n) is 5.73. The number of hydrogen-bond acceptors (Lipinski definition) is 3. The van der Waals surface area contributed by atoms with Crippen molar-refractivity contribution in [2.45, 2.75) is 19.4 Å². The average molecular weight is 236 g/mol. The van der Waals surface area contributed by atoms with E-state index in [2.05, 4.69) is 6.92 Å². The minimum Gasteiger partial charge on any atom is -0.370 e. The van der Waals surface area contributed by atoms with Gasteiger partial charge in [0.1, 0.15) is 6.10 Å². The van der Waals surface area contributed by atoms with Crippen LogP contribution in [0.15, 0.2) is 24.3 Å². The zero-order valence-corrected chi connectivity index (χ0v) is 10.6. The van der Waals surface area contributed by atoms with Gasteiger partial charge in [-0.1, -0.05) is 19.1 Å². The Balaban J connectivity index is 2.80. The molecule has 0 aliphatic carbocycles. The monoisotopic (exact) mass is 236 g/mol. The molecule has 1 amide bonds. The summed E-state index contributed by atoms with van der Waals surface area (Å²) in [6.07, 6.45) is 0.410. The molecule has 0 heterocycles. The summed E-state index contributed by atoms with van der Waals surface area (Å²) in [5, 5.41) is 0. The van der Waals surface area contributed by atoms with Crippen LogP contribution in [0.3, 0.4) is 0 Å². The highest BCUT2D eigenvalue weighted by atomic mass is 16.5. The molecule has 0 saturated carbocycles. The number of likely N-dealkylation sites (N-methyl/N-ethyl adjacent to an activating group) is 1. The fourth-order valence-electron chi connectivity index (χ4n) is 1.60. The molecule has 17 heavy (non-hydrogen) atoms. The Morgan fingerprint density at radius 3 is 2.41 bits per heavy atom. The number of methoxy groups -OCH3 is 1. The van der Waals surface area contributed by atoms with Crippen LogP contribution in [0.5, 0.6) is 0 Å². The lowest BCUT2D eigenvalue weighted by atomic mass is 10.1. The molecular formula is C13H20N2O2. The minimum absolute atomic E-state index is 0.126. The van der Waals surface area contributed by atoms with Crippen LogP contribution in [-0.4, -0.2) is 32.7 Å². The zero-order valence-electron chi connectivity index (χ0n) is 10.6. The van der Waals surface area contributed by atoms with Gasteiger partial charge < -0.3 is 15.4 Å². The van der Waals surface area contributed by atoms with Gasteiger partial charge >= 0.3 is 0 Å². The van der Waals surface area contributed by atoms with E-state index in [-0.39, 0.29) is 12.5 Å². The van der Waals surface area contributed by atoms with Gasteiger partial charge in [-0.2, -0.15) is 0 Å². The molecule has 94 valence electrons. The molecule has 4 heteroatoms. The van der Waals surface area contributed by atoms with E-state index in [9.17, 15) is 4.79 Å². The van der Waals surface area contributed by atoms with Gasteiger partial charge in [-0.3, -0.25) is 4.79 Å². The Hall–Kier alpha value is -1.39. The SMILES string of the molecule is CCc1ccc(N(C)C(=O)C(CN)OC)cc1. The van der Waals surface area contributed by atoms with Crippen molar-refractivity contribution < 1.29 is 9.53 Å². The van der Waals surface area contributed by atoms with E-state index in [1.54, 1.807) is 11.9 Å². The number of carbonyl (C=O) groups excluding carboxylic acids is 1. The molecule has 0 aliphatic heterocycles. The van der Waals surface area contributed by atoms with Gasteiger partial charge in [0.25, 0.3) is 5.91 Å². The fraction of sp³-hybridized carbons (Fsp3) is 0.462. The Labute approximate surface area is 102 Å². The minimum atomic E-state index is -0.578. The molecule has 4 nitrogen and oxygen atoms in total. The Morgan fingerprint density at radius 1 is 1.41 bits per heavy atom. The van der Waals surface area contributed by atoms with Crippen LogP contribution >= 0.6 is 0 Å². The van der Waals surface area contributed by atoms with E-state index in [1.165, 1.54) is 12.7 Å². The number of carbonyl (C=O) groups is 1. The summed E-state index contributed by atoms with van der Waals surface area (Å²) >= 11 is 0. The van der Waals surface area contributed by atoms with Crippen LogP contribution in [-0.2, 0) is 16.0 Å². The molecule has 0 aliphatic rings. The number of nitrogens with zero attached hydrogens (tertiary/aromatic N) is 1. The van der Waals surface area contributed by atoms with Crippen molar-refractivity contribution >= 4 is 11.6 Å². The molecule has 0 aromatic heterocycles. The molecule has 1 aromatic carbocycles. The maximum atomic E-state index is 12.0. The Bertz CT molecular complexity index is 358. The lowest BCUT2D eigenvalue weighted by Gasteiger charge is -2.22. The summed E-state index contributed by atoms with van der Waals surface area (Å²) in [5.74, 6) is -0.126. The second-order valence-corrected chi connectivity index (χ2v) is 3.88. The van der Waals surface area contributed by atoms with Crippen LogP contribution in [0.25, 0.3) is 0 Å². The lowest BCUT2D eigenvalue weighted by Crippen LogP contribution is -2.41. The summed E-state index contributed by atoms with van der Waals surface area (Å²) in [6.45, 7) is 2.28. The van der Waals surface area contributed by atoms with Gasteiger partial charge in [0.05, 0.1) is 0 Å². The standard InChI is InChI=1S/C13H20N2O2/c1-4-10-5-7-11(8-6-10)15(2)13(16)12(9-14)17-3/h5-8,12H,4,9,14H2,1-3H3. The average Bonchev–Trinajstić information content (AvgIpc) is 2.39. The number of hydrogen-bond donors (Lipinski definition) is 1. The first-order valence-corrected chi connectivity index (χ1v) is 5.73. The summed E-state index contributed by atoms with van der Waals surface area (Å²) in [7, 11) is 3.22. The maximum Gasteiger partial charge on any atom is 0.257 e. The van der Waals surface area contributed by atoms with E-state index >= 15 is 0 Å². The van der Waals surface area contributed by atoms with E-state index in [0.29, 0.717) is 0 Å². The van der Waals surface area contributed by atoms with Gasteiger partial charge in [-0.15, -0.1) is 0 Å². The normalized spacial score (nSPS) is 12.2. The van der Waals surface area contributed by atoms with Gasteiger partial charge in [0.2, 0.25) is 0 Å². The van der Waals surface area contributed by atoms with Gasteiger partial charge in [-0.25, -0.2) is 0 Å². The highest BCUT2D eigenvalue weighted by molar-refractivity contribution is 5.96. The number of ether oxygens (including phenoxy) is 1. The van der Waals surface area contributed by atoms with Crippen LogP contribution < -0.4 is 10.6 Å². The van der Waals surface area contributed by atoms with Crippen molar-refractivity contribution in [3.05, 3.63) is 29.8 Å². The topological polar surface area (TPSA) is 55.6 Å². The summed E-state index contributed by atoms with van der Waals surface area (Å²) in [5.41, 5.74) is 7.57. The predicted octanol–water partition coefficient (Wildman–Crippen LogP) is 1.19. The van der Waals surface area contributed by atoms with Crippen molar-refractivity contribution in [2.75, 3.05) is 25.6 Å². The lowest BCUT2D eigenvalue weighted by molar-refractivity contribution is -0.127. The van der Waals surface area contributed by atoms with Crippen molar-refractivity contribution in [3.8, 4) is 0 Å². The van der Waals surface area contributed by atoms with Crippen molar-refractivity contribution in [3.63, 3.8) is 0 Å². The summed E-state index contributed by atoms with van der Waals surface area (Å²) in [4.78, 5) is 13.6. The van der Waals surface area contributed by atoms with E-state index in [0.717, 1.165) is 12.1 Å². The highest BCUT2D eigenvalue weighted by Crippen LogP contribution is 2.15. The molecule has 0 saturated heterocycles. The smallest absolute Gasteiger partial charge is 0.257 e. The van der Waals surface area contributed by atoms with Crippen molar-refractivity contribution in [1.82, 2.24) is 0 Å². The first kappa shape index (κ1) is 13.7. The number of nitrogens with two attached hydrogens (primary N) is 1. The first-order chi connectivity index (χ1) is 8.13. The molecule has 1 atom stereocenters. The molecule has 0 fully saturated rings. The van der Waals surface area contributed by atoms with Crippen LogP contribution in [0.4, 0.5) is 5.69 Å². The maximum absolute atomic E-state index is 12.0. The number of anilines is 1. The Morgan fingerprint density at radius 2 is 2.00 bits per heavy atom. The number of aryl methyl sites for hydroxylation is 1. The molecule has 1 unspecified atom stereocenters. The van der Waals surface area contributed by atoms with E-state index < -0.39 is 6.10 Å². The zero-order chi connectivity index (χ0) is 12.8. The predicted molar refractivity (Wildman–Crippen MR) is 69.1 cm³/mol. The van der Waals surface area contributed by atoms with E-state index in [1.807, 2.05) is 24.3 Å². The fourth-order valence-corrected chi connectivity index (χ4v) is 1.60. The molecule has 1 rings (SSSR count). The molecular weight excluding hydrogens is 216 g/mol. The summed E-state index contributed by atoms with van der Waals surface area (Å²) in [6, 6.07) is 7.90. The quantitative estimate of drug-likeness (QED) is 0.835.